The molecule has 1 aromatic carbocycles. The molecule has 2 saturated heterocycles. The number of piperidine rings is 1. The van der Waals surface area contributed by atoms with Gasteiger partial charge in [-0.15, -0.1) is 0 Å². The van der Waals surface area contributed by atoms with Crippen molar-refractivity contribution in [2.75, 3.05) is 44.3 Å². The number of hydrogen-bond acceptors (Lipinski definition) is 5. The number of aromatic nitrogens is 2. The van der Waals surface area contributed by atoms with E-state index in [0.29, 0.717) is 36.9 Å². The van der Waals surface area contributed by atoms with Crippen molar-refractivity contribution in [1.82, 2.24) is 14.7 Å². The van der Waals surface area contributed by atoms with Gasteiger partial charge in [0.15, 0.2) is 0 Å². The average molecular weight is 417 g/mol. The molecule has 0 N–H and O–H groups in total. The molecule has 3 heterocycles. The lowest BCUT2D eigenvalue weighted by Gasteiger charge is -2.33. The first kappa shape index (κ1) is 19.9. The number of rotatable bonds is 3. The van der Waals surface area contributed by atoms with Crippen LogP contribution < -0.4 is 10.5 Å². The Morgan fingerprint density at radius 3 is 2.72 bits per heavy atom. The van der Waals surface area contributed by atoms with Gasteiger partial charge < -0.3 is 14.5 Å². The fourth-order valence-electron chi connectivity index (χ4n) is 3.98. The Morgan fingerprint density at radius 2 is 2.00 bits per heavy atom. The number of morpholine rings is 1. The standard InChI is InChI=1S/C21H25ClN4O3/c1-15-11-16(4-5-19(15)22)21(28)25-6-2-3-17(14-25)26-20(27)12-18(13-23-26)24-7-9-29-10-8-24/h4-5,11-13,17H,2-3,6-10,14H2,1H3/t17-/m1/s1. The van der Waals surface area contributed by atoms with Crippen molar-refractivity contribution < 1.29 is 9.53 Å². The first-order valence-electron chi connectivity index (χ1n) is 10.00. The Hall–Kier alpha value is -2.38. The Balaban J connectivity index is 1.50. The molecule has 0 spiro atoms. The van der Waals surface area contributed by atoms with E-state index in [1.54, 1.807) is 29.3 Å². The molecule has 8 heteroatoms. The summed E-state index contributed by atoms with van der Waals surface area (Å²) in [6.45, 7) is 5.88. The Kier molecular flexibility index (Phi) is 5.87. The first-order valence-corrected chi connectivity index (χ1v) is 10.4. The monoisotopic (exact) mass is 416 g/mol. The van der Waals surface area contributed by atoms with Gasteiger partial charge in [0.2, 0.25) is 0 Å². The molecular weight excluding hydrogens is 392 g/mol. The lowest BCUT2D eigenvalue weighted by Crippen LogP contribution is -2.44. The third-order valence-electron chi connectivity index (χ3n) is 5.62. The van der Waals surface area contributed by atoms with Crippen LogP contribution in [0, 0.1) is 6.92 Å². The summed E-state index contributed by atoms with van der Waals surface area (Å²) in [6.07, 6.45) is 3.41. The van der Waals surface area contributed by atoms with Crippen molar-refractivity contribution in [2.45, 2.75) is 25.8 Å². The van der Waals surface area contributed by atoms with Crippen LogP contribution in [0.3, 0.4) is 0 Å². The van der Waals surface area contributed by atoms with Gasteiger partial charge in [-0.3, -0.25) is 9.59 Å². The van der Waals surface area contributed by atoms with Crippen molar-refractivity contribution in [2.24, 2.45) is 0 Å². The second-order valence-electron chi connectivity index (χ2n) is 7.61. The van der Waals surface area contributed by atoms with Gasteiger partial charge in [0.05, 0.1) is 31.1 Å². The second-order valence-corrected chi connectivity index (χ2v) is 8.01. The molecule has 0 radical (unpaired) electrons. The molecule has 7 nitrogen and oxygen atoms in total. The molecule has 1 atom stereocenters. The molecule has 0 unspecified atom stereocenters. The van der Waals surface area contributed by atoms with Gasteiger partial charge in [0.1, 0.15) is 0 Å². The fourth-order valence-corrected chi connectivity index (χ4v) is 4.09. The zero-order valence-corrected chi connectivity index (χ0v) is 17.3. The number of ether oxygens (including phenoxy) is 1. The molecule has 1 aromatic heterocycles. The number of halogens is 1. The second kappa shape index (κ2) is 8.55. The highest BCUT2D eigenvalue weighted by molar-refractivity contribution is 6.31. The predicted octanol–water partition coefficient (Wildman–Crippen LogP) is 2.52. The third-order valence-corrected chi connectivity index (χ3v) is 6.05. The predicted molar refractivity (Wildman–Crippen MR) is 112 cm³/mol. The van der Waals surface area contributed by atoms with Gasteiger partial charge in [-0.05, 0) is 43.5 Å². The fraction of sp³-hybridized carbons (Fsp3) is 0.476. The minimum Gasteiger partial charge on any atom is -0.378 e. The van der Waals surface area contributed by atoms with Gasteiger partial charge >= 0.3 is 0 Å². The minimum absolute atomic E-state index is 0.0348. The van der Waals surface area contributed by atoms with E-state index in [-0.39, 0.29) is 17.5 Å². The van der Waals surface area contributed by atoms with Crippen molar-refractivity contribution >= 4 is 23.2 Å². The number of carbonyl (C=O) groups excluding carboxylic acids is 1. The van der Waals surface area contributed by atoms with Crippen LogP contribution in [0.5, 0.6) is 0 Å². The lowest BCUT2D eigenvalue weighted by molar-refractivity contribution is 0.0670. The SMILES string of the molecule is Cc1cc(C(=O)N2CCC[C@@H](n3ncc(N4CCOCC4)cc3=O)C2)ccc1Cl. The van der Waals surface area contributed by atoms with Crippen molar-refractivity contribution in [3.8, 4) is 0 Å². The number of anilines is 1. The van der Waals surface area contributed by atoms with Gasteiger partial charge in [0.25, 0.3) is 11.5 Å². The lowest BCUT2D eigenvalue weighted by atomic mass is 10.0. The zero-order valence-electron chi connectivity index (χ0n) is 16.5. The van der Waals surface area contributed by atoms with Crippen LogP contribution in [0.15, 0.2) is 35.3 Å². The highest BCUT2D eigenvalue weighted by atomic mass is 35.5. The Morgan fingerprint density at radius 1 is 1.21 bits per heavy atom. The molecule has 2 fully saturated rings. The van der Waals surface area contributed by atoms with Gasteiger partial charge in [-0.25, -0.2) is 4.68 Å². The molecule has 0 bridgehead atoms. The third kappa shape index (κ3) is 4.31. The maximum atomic E-state index is 12.9. The van der Waals surface area contributed by atoms with Crippen LogP contribution in [0.2, 0.25) is 5.02 Å². The topological polar surface area (TPSA) is 67.7 Å². The molecule has 0 saturated carbocycles. The van der Waals surface area contributed by atoms with Crippen LogP contribution >= 0.6 is 11.6 Å². The van der Waals surface area contributed by atoms with Crippen molar-refractivity contribution in [3.05, 3.63) is 57.0 Å². The van der Waals surface area contributed by atoms with E-state index in [0.717, 1.165) is 37.2 Å². The smallest absolute Gasteiger partial charge is 0.269 e. The molecule has 4 rings (SSSR count). The largest absolute Gasteiger partial charge is 0.378 e. The van der Waals surface area contributed by atoms with E-state index < -0.39 is 0 Å². The van der Waals surface area contributed by atoms with E-state index in [4.69, 9.17) is 16.3 Å². The highest BCUT2D eigenvalue weighted by Crippen LogP contribution is 2.23. The Labute approximate surface area is 174 Å². The summed E-state index contributed by atoms with van der Waals surface area (Å²) in [5.41, 5.74) is 2.20. The zero-order chi connectivity index (χ0) is 20.4. The number of amides is 1. The van der Waals surface area contributed by atoms with E-state index in [1.165, 1.54) is 4.68 Å². The maximum absolute atomic E-state index is 12.9. The number of likely N-dealkylation sites (tertiary alicyclic amines) is 1. The number of nitrogens with zero attached hydrogens (tertiary/aromatic N) is 4. The van der Waals surface area contributed by atoms with Gasteiger partial charge in [-0.2, -0.15) is 5.10 Å². The number of hydrogen-bond donors (Lipinski definition) is 0. The van der Waals surface area contributed by atoms with E-state index in [9.17, 15) is 9.59 Å². The summed E-state index contributed by atoms with van der Waals surface area (Å²) in [5, 5.41) is 5.08. The summed E-state index contributed by atoms with van der Waals surface area (Å²) in [5.74, 6) is -0.0348. The van der Waals surface area contributed by atoms with Crippen molar-refractivity contribution in [1.29, 1.82) is 0 Å². The molecule has 2 aliphatic rings. The van der Waals surface area contributed by atoms with E-state index in [2.05, 4.69) is 10.00 Å². The quantitative estimate of drug-likeness (QED) is 0.769. The van der Waals surface area contributed by atoms with Gasteiger partial charge in [-0.1, -0.05) is 11.6 Å². The molecule has 1 amide bonds. The van der Waals surface area contributed by atoms with Crippen LogP contribution in [0.25, 0.3) is 0 Å². The summed E-state index contributed by atoms with van der Waals surface area (Å²) >= 11 is 6.08. The summed E-state index contributed by atoms with van der Waals surface area (Å²) < 4.78 is 6.89. The van der Waals surface area contributed by atoms with Gasteiger partial charge in [0, 0.05) is 42.8 Å². The molecule has 154 valence electrons. The molecule has 29 heavy (non-hydrogen) atoms. The van der Waals surface area contributed by atoms with Crippen LogP contribution in [0.4, 0.5) is 5.69 Å². The van der Waals surface area contributed by atoms with E-state index in [1.807, 2.05) is 13.0 Å². The van der Waals surface area contributed by atoms with Crippen LogP contribution in [-0.2, 0) is 4.74 Å². The summed E-state index contributed by atoms with van der Waals surface area (Å²) in [7, 11) is 0. The molecule has 2 aliphatic heterocycles. The van der Waals surface area contributed by atoms with Crippen LogP contribution in [0.1, 0.15) is 34.8 Å². The number of aryl methyl sites for hydroxylation is 1. The molecule has 0 aliphatic carbocycles. The average Bonchev–Trinajstić information content (AvgIpc) is 2.76. The Bertz CT molecular complexity index is 955. The first-order chi connectivity index (χ1) is 14.0. The van der Waals surface area contributed by atoms with E-state index >= 15 is 0 Å². The molecule has 2 aromatic rings. The minimum atomic E-state index is -0.129. The molecular formula is C21H25ClN4O3. The highest BCUT2D eigenvalue weighted by Gasteiger charge is 2.27. The number of carbonyl (C=O) groups is 1. The maximum Gasteiger partial charge on any atom is 0.269 e. The van der Waals surface area contributed by atoms with Crippen LogP contribution in [-0.4, -0.2) is 60.0 Å². The van der Waals surface area contributed by atoms with Crippen molar-refractivity contribution in [3.63, 3.8) is 0 Å². The summed E-state index contributed by atoms with van der Waals surface area (Å²) in [6, 6.07) is 6.84. The number of benzene rings is 1. The summed E-state index contributed by atoms with van der Waals surface area (Å²) in [4.78, 5) is 29.6. The normalized spacial score (nSPS) is 20.0.